The number of benzene rings is 4. The molecule has 0 N–H and O–H groups in total. The first-order valence-corrected chi connectivity index (χ1v) is 16.5. The van der Waals surface area contributed by atoms with E-state index in [2.05, 4.69) is 51.8 Å². The summed E-state index contributed by atoms with van der Waals surface area (Å²) < 4.78 is 1.82. The van der Waals surface area contributed by atoms with Crippen molar-refractivity contribution < 1.29 is 0 Å². The molecule has 0 unspecified atom stereocenters. The normalized spacial score (nSPS) is 11.2. The van der Waals surface area contributed by atoms with Gasteiger partial charge in [-0.2, -0.15) is 0 Å². The molecule has 12 heteroatoms. The van der Waals surface area contributed by atoms with Crippen molar-refractivity contribution >= 4 is 55.1 Å². The van der Waals surface area contributed by atoms with Crippen LogP contribution in [0.4, 0.5) is 0 Å². The van der Waals surface area contributed by atoms with E-state index in [-0.39, 0.29) is 10.4 Å². The molecule has 48 heavy (non-hydrogen) atoms. The molecule has 0 spiro atoms. The van der Waals surface area contributed by atoms with Crippen LogP contribution in [0, 0.1) is 20.9 Å². The topological polar surface area (TPSA) is 120 Å². The van der Waals surface area contributed by atoms with E-state index in [0.717, 1.165) is 20.1 Å². The molecule has 0 amide bonds. The minimum Gasteiger partial charge on any atom is -0.267 e. The highest BCUT2D eigenvalue weighted by molar-refractivity contribution is 9.10. The molecule has 4 aliphatic heterocycles. The van der Waals surface area contributed by atoms with Crippen molar-refractivity contribution in [2.45, 2.75) is 0 Å². The molecular formula is C36H16Br2Cl2N4O4. The monoisotopic (exact) mass is 796 g/mol. The maximum Gasteiger partial charge on any atom is 0.280 e. The summed E-state index contributed by atoms with van der Waals surface area (Å²) >= 11 is 18.5. The SMILES string of the molecule is O=c1nc(-c2ccc(Br)cc2)c2c(=O)nc(-c3ccc(Br)cc3)c1=2.O=c1nc(-c2ccc(Cl)cc2)c2c(=O)nc(-c3ccc(Cl)cc3)c1=2. The Kier molecular flexibility index (Phi) is 8.43. The van der Waals surface area contributed by atoms with Gasteiger partial charge >= 0.3 is 0 Å². The quantitative estimate of drug-likeness (QED) is 0.185. The molecule has 0 atom stereocenters. The maximum atomic E-state index is 12.4. The van der Waals surface area contributed by atoms with Crippen LogP contribution in [0.5, 0.6) is 0 Å². The van der Waals surface area contributed by atoms with Crippen molar-refractivity contribution in [3.05, 3.63) is 178 Å². The van der Waals surface area contributed by atoms with Crippen LogP contribution in [0.3, 0.4) is 0 Å². The van der Waals surface area contributed by atoms with Gasteiger partial charge in [-0.25, -0.2) is 19.9 Å². The van der Waals surface area contributed by atoms with Gasteiger partial charge in [0.25, 0.3) is 22.2 Å². The molecule has 0 bridgehead atoms. The summed E-state index contributed by atoms with van der Waals surface area (Å²) in [4.78, 5) is 65.8. The van der Waals surface area contributed by atoms with Crippen LogP contribution in [-0.2, 0) is 0 Å². The molecule has 0 aromatic heterocycles. The average molecular weight is 799 g/mol. The van der Waals surface area contributed by atoms with Gasteiger partial charge in [0.2, 0.25) is 0 Å². The highest BCUT2D eigenvalue weighted by Crippen LogP contribution is 2.26. The molecule has 0 radical (unpaired) electrons. The highest BCUT2D eigenvalue weighted by Gasteiger charge is 2.21. The van der Waals surface area contributed by atoms with Gasteiger partial charge in [0.05, 0.1) is 43.7 Å². The van der Waals surface area contributed by atoms with E-state index >= 15 is 0 Å². The number of nitrogens with zero attached hydrogens (tertiary/aromatic N) is 4. The molecule has 4 aromatic rings. The Labute approximate surface area is 296 Å². The minimum atomic E-state index is -0.463. The zero-order valence-corrected chi connectivity index (χ0v) is 28.9. The molecule has 4 aliphatic rings. The van der Waals surface area contributed by atoms with Gasteiger partial charge in [-0.05, 0) is 48.5 Å². The number of hydrogen-bond donors (Lipinski definition) is 0. The second kappa shape index (κ2) is 12.7. The van der Waals surface area contributed by atoms with Crippen LogP contribution in [-0.4, -0.2) is 19.9 Å². The van der Waals surface area contributed by atoms with Gasteiger partial charge in [0.1, 0.15) is 0 Å². The van der Waals surface area contributed by atoms with E-state index in [4.69, 9.17) is 23.2 Å². The number of rotatable bonds is 4. The van der Waals surface area contributed by atoms with Gasteiger partial charge in [0, 0.05) is 41.2 Å². The third-order valence-corrected chi connectivity index (χ3v) is 9.19. The van der Waals surface area contributed by atoms with Crippen molar-refractivity contribution in [2.24, 2.45) is 0 Å². The Morgan fingerprint density at radius 3 is 0.792 bits per heavy atom. The lowest BCUT2D eigenvalue weighted by atomic mass is 10.1. The van der Waals surface area contributed by atoms with Gasteiger partial charge in [-0.15, -0.1) is 0 Å². The van der Waals surface area contributed by atoms with Crippen LogP contribution < -0.4 is 22.2 Å². The molecule has 0 saturated heterocycles. The third-order valence-electron chi connectivity index (χ3n) is 7.63. The van der Waals surface area contributed by atoms with Crippen LogP contribution >= 0.6 is 55.1 Å². The van der Waals surface area contributed by atoms with E-state index in [1.54, 1.807) is 48.5 Å². The van der Waals surface area contributed by atoms with E-state index < -0.39 is 22.2 Å². The molecule has 4 aromatic carbocycles. The van der Waals surface area contributed by atoms with Gasteiger partial charge in [-0.1, -0.05) is 104 Å². The molecule has 4 heterocycles. The first-order valence-electron chi connectivity index (χ1n) is 14.1. The highest BCUT2D eigenvalue weighted by atomic mass is 79.9. The summed E-state index contributed by atoms with van der Waals surface area (Å²) in [6.07, 6.45) is 0. The van der Waals surface area contributed by atoms with Crippen LogP contribution in [0.2, 0.25) is 10.0 Å². The second-order valence-corrected chi connectivity index (χ2v) is 13.3. The van der Waals surface area contributed by atoms with Crippen molar-refractivity contribution in [3.8, 4) is 45.0 Å². The second-order valence-electron chi connectivity index (χ2n) is 10.6. The summed E-state index contributed by atoms with van der Waals surface area (Å²) in [5, 5.41) is 2.20. The summed E-state index contributed by atoms with van der Waals surface area (Å²) in [5.74, 6) is 0. The van der Waals surface area contributed by atoms with Gasteiger partial charge in [-0.3, -0.25) is 19.2 Å². The molecule has 232 valence electrons. The Bertz CT molecular complexity index is 2390. The van der Waals surface area contributed by atoms with Crippen molar-refractivity contribution in [1.29, 1.82) is 0 Å². The van der Waals surface area contributed by atoms with E-state index in [1.165, 1.54) is 0 Å². The number of halogens is 4. The predicted octanol–water partition coefficient (Wildman–Crippen LogP) is 7.09. The van der Waals surface area contributed by atoms with Crippen LogP contribution in [0.1, 0.15) is 0 Å². The number of aromatic nitrogens is 4. The van der Waals surface area contributed by atoms with E-state index in [0.29, 0.717) is 54.4 Å². The molecule has 8 nitrogen and oxygen atoms in total. The standard InChI is InChI=1S/C18H8Br2N2O2.C18H8Cl2N2O2/c2*19-11-5-1-9(2-6-11)15-13-14(18(24)21-15)16(22-17(13)23)10-3-7-12(20)8-4-10/h2*1-8H. The fourth-order valence-corrected chi connectivity index (χ4v) is 6.21. The fourth-order valence-electron chi connectivity index (χ4n) is 5.43. The lowest BCUT2D eigenvalue weighted by Gasteiger charge is -1.96. The Balaban J connectivity index is 0.000000152. The van der Waals surface area contributed by atoms with Crippen molar-refractivity contribution in [1.82, 2.24) is 19.9 Å². The molecule has 0 saturated carbocycles. The Hall–Kier alpha value is -4.74. The maximum absolute atomic E-state index is 12.4. The number of hydrogen-bond acceptors (Lipinski definition) is 8. The van der Waals surface area contributed by atoms with Crippen molar-refractivity contribution in [3.63, 3.8) is 0 Å². The largest absolute Gasteiger partial charge is 0.280 e. The van der Waals surface area contributed by atoms with Gasteiger partial charge < -0.3 is 0 Å². The first kappa shape index (κ1) is 31.8. The first-order chi connectivity index (χ1) is 23.1. The van der Waals surface area contributed by atoms with Crippen molar-refractivity contribution in [2.75, 3.05) is 0 Å². The van der Waals surface area contributed by atoms with Crippen LogP contribution in [0.25, 0.3) is 45.0 Å². The third kappa shape index (κ3) is 5.81. The zero-order valence-electron chi connectivity index (χ0n) is 24.2. The predicted molar refractivity (Wildman–Crippen MR) is 192 cm³/mol. The molecular weight excluding hydrogens is 783 g/mol. The molecule has 0 fully saturated rings. The Morgan fingerprint density at radius 1 is 0.354 bits per heavy atom. The fraction of sp³-hybridized carbons (Fsp3) is 0. The summed E-state index contributed by atoms with van der Waals surface area (Å²) in [5.41, 5.74) is 2.43. The van der Waals surface area contributed by atoms with Gasteiger partial charge in [0.15, 0.2) is 0 Å². The average Bonchev–Trinajstić information content (AvgIpc) is 3.81. The smallest absolute Gasteiger partial charge is 0.267 e. The lowest BCUT2D eigenvalue weighted by Crippen LogP contribution is -2.04. The van der Waals surface area contributed by atoms with Crippen LogP contribution in [0.15, 0.2) is 125 Å². The summed E-state index contributed by atoms with van der Waals surface area (Å²) in [6, 6.07) is 28.3. The lowest BCUT2D eigenvalue weighted by molar-refractivity contribution is 1.23. The Morgan fingerprint density at radius 2 is 0.562 bits per heavy atom. The molecule has 8 rings (SSSR count). The van der Waals surface area contributed by atoms with E-state index in [9.17, 15) is 19.2 Å². The molecule has 0 aliphatic carbocycles. The van der Waals surface area contributed by atoms with E-state index in [1.807, 2.05) is 48.5 Å². The minimum absolute atomic E-state index is 0.243. The summed E-state index contributed by atoms with van der Waals surface area (Å²) in [6.45, 7) is 0. The zero-order chi connectivity index (χ0) is 33.7. The summed E-state index contributed by atoms with van der Waals surface area (Å²) in [7, 11) is 0.